The molecule has 2 aromatic carbocycles. The number of aromatic nitrogens is 8. The maximum atomic E-state index is 13.6. The first kappa shape index (κ1) is 50.8. The number of amides is 3. The number of anilines is 1. The number of benzene rings is 2. The Morgan fingerprint density at radius 3 is 2.41 bits per heavy atom. The van der Waals surface area contributed by atoms with Gasteiger partial charge in [0.1, 0.15) is 24.6 Å². The second-order valence-corrected chi connectivity index (χ2v) is 17.2. The molecule has 8 N–H and O–H groups in total. The SMILES string of the molecule is Cc1nnc(-c2ccc(CN(CC(=O)NCCCCNc3ncnc4c3ncn4C3OC(CSCC[C@H](N)C(=O)O)C(O)C3O)C(=O)CC/C=N/N(C)C(=O)c3ccc(C(C)O)cc3)cc2)nn1. The largest absolute Gasteiger partial charge is 0.480 e. The molecule has 4 heterocycles. The Morgan fingerprint density at radius 1 is 0.985 bits per heavy atom. The maximum absolute atomic E-state index is 13.6. The van der Waals surface area contributed by atoms with Gasteiger partial charge in [-0.2, -0.15) is 16.9 Å². The molecule has 5 unspecified atom stereocenters. The third-order valence-corrected chi connectivity index (χ3v) is 12.0. The van der Waals surface area contributed by atoms with Crippen LogP contribution in [0.2, 0.25) is 0 Å². The molecule has 0 saturated carbocycles. The van der Waals surface area contributed by atoms with Crippen LogP contribution in [0.15, 0.2) is 66.3 Å². The summed E-state index contributed by atoms with van der Waals surface area (Å²) in [7, 11) is 1.51. The lowest BCUT2D eigenvalue weighted by Gasteiger charge is -2.22. The standard InChI is InChI=1S/C44H56N14O9S/c1-26(59)29-12-14-31(15-13-29)42(64)56(3)51-19-6-7-35(61)57(21-28-8-10-30(11-9-28)39-54-52-27(2)53-55-39)22-34(60)46-17-4-5-18-47-40-36-41(49-24-48-40)58(25-50-36)43-38(63)37(62)33(67-43)23-68-20-16-32(45)44(65)66/h8-15,19,24-26,32-33,37-38,43,59,62-63H,4-7,16-18,20-23,45H2,1-3H3,(H,46,60)(H,65,66)(H,47,48,49)/b51-19+/t26?,32-,33?,37?,38?,43?/m0/s1. The van der Waals surface area contributed by atoms with E-state index in [9.17, 15) is 34.5 Å². The van der Waals surface area contributed by atoms with Crippen molar-refractivity contribution in [2.24, 2.45) is 10.8 Å². The smallest absolute Gasteiger partial charge is 0.320 e. The van der Waals surface area contributed by atoms with Gasteiger partial charge in [0.05, 0.1) is 25.1 Å². The van der Waals surface area contributed by atoms with Gasteiger partial charge in [-0.05, 0) is 68.5 Å². The Hall–Kier alpha value is -6.57. The zero-order valence-electron chi connectivity index (χ0n) is 37.8. The number of thioether (sulfide) groups is 1. The summed E-state index contributed by atoms with van der Waals surface area (Å²) >= 11 is 1.37. The number of aliphatic carboxylic acids is 1. The molecule has 0 radical (unpaired) electrons. The molecule has 3 amide bonds. The molecule has 6 atom stereocenters. The number of nitrogens with two attached hydrogens (primary N) is 1. The van der Waals surface area contributed by atoms with E-state index in [0.717, 1.165) is 5.56 Å². The van der Waals surface area contributed by atoms with E-state index in [-0.39, 0.29) is 50.1 Å². The molecule has 0 spiro atoms. The Morgan fingerprint density at radius 2 is 1.71 bits per heavy atom. The molecule has 1 fully saturated rings. The van der Waals surface area contributed by atoms with Gasteiger partial charge in [0.2, 0.25) is 17.6 Å². The fourth-order valence-electron chi connectivity index (χ4n) is 6.99. The normalized spacial score (nSPS) is 17.8. The number of aliphatic hydroxyl groups excluding tert-OH is 3. The third-order valence-electron chi connectivity index (χ3n) is 10.9. The van der Waals surface area contributed by atoms with E-state index < -0.39 is 42.7 Å². The minimum Gasteiger partial charge on any atom is -0.480 e. The minimum absolute atomic E-state index is 0.0260. The van der Waals surface area contributed by atoms with Gasteiger partial charge in [0, 0.05) is 56.2 Å². The quantitative estimate of drug-likeness (QED) is 0.0262. The molecule has 0 bridgehead atoms. The highest BCUT2D eigenvalue weighted by Crippen LogP contribution is 2.34. The monoisotopic (exact) mass is 956 g/mol. The van der Waals surface area contributed by atoms with Crippen molar-refractivity contribution >= 4 is 58.6 Å². The van der Waals surface area contributed by atoms with Gasteiger partial charge in [-0.15, -0.1) is 20.4 Å². The molecule has 1 aliphatic rings. The van der Waals surface area contributed by atoms with E-state index in [2.05, 4.69) is 51.1 Å². The van der Waals surface area contributed by atoms with Crippen LogP contribution in [0.4, 0.5) is 5.82 Å². The number of hydrogen-bond donors (Lipinski definition) is 7. The summed E-state index contributed by atoms with van der Waals surface area (Å²) in [5.41, 5.74) is 8.90. The number of imidazole rings is 1. The number of nitrogens with zero attached hydrogens (tertiary/aromatic N) is 11. The highest BCUT2D eigenvalue weighted by Gasteiger charge is 2.44. The van der Waals surface area contributed by atoms with Gasteiger partial charge in [-0.1, -0.05) is 36.4 Å². The molecule has 1 saturated heterocycles. The highest BCUT2D eigenvalue weighted by molar-refractivity contribution is 7.99. The molecule has 0 aliphatic carbocycles. The summed E-state index contributed by atoms with van der Waals surface area (Å²) in [6.45, 7) is 4.07. The second-order valence-electron chi connectivity index (χ2n) is 16.1. The summed E-state index contributed by atoms with van der Waals surface area (Å²) < 4.78 is 7.55. The summed E-state index contributed by atoms with van der Waals surface area (Å²) in [5, 5.41) is 67.9. The second kappa shape index (κ2) is 24.5. The molecule has 5 aromatic rings. The lowest BCUT2D eigenvalue weighted by atomic mass is 10.1. The van der Waals surface area contributed by atoms with Crippen molar-refractivity contribution in [2.45, 2.75) is 89.2 Å². The topological polar surface area (TPSA) is 323 Å². The molecule has 68 heavy (non-hydrogen) atoms. The van der Waals surface area contributed by atoms with E-state index in [1.165, 1.54) is 52.2 Å². The summed E-state index contributed by atoms with van der Waals surface area (Å²) in [6, 6.07) is 12.8. The number of carbonyl (C=O) groups is 4. The number of aliphatic hydroxyl groups is 3. The lowest BCUT2D eigenvalue weighted by molar-refractivity contribution is -0.138. The molecule has 3 aromatic heterocycles. The predicted octanol–water partition coefficient (Wildman–Crippen LogP) is 1.46. The zero-order valence-corrected chi connectivity index (χ0v) is 38.6. The number of carbonyl (C=O) groups excluding carboxylic acids is 3. The number of carboxylic acid groups (broad SMARTS) is 1. The van der Waals surface area contributed by atoms with Crippen molar-refractivity contribution in [1.29, 1.82) is 0 Å². The fraction of sp³-hybridized carbons (Fsp3) is 0.455. The number of rotatable bonds is 24. The van der Waals surface area contributed by atoms with Gasteiger partial charge < -0.3 is 46.4 Å². The van der Waals surface area contributed by atoms with E-state index >= 15 is 0 Å². The van der Waals surface area contributed by atoms with Crippen molar-refractivity contribution in [3.05, 3.63) is 83.7 Å². The first-order chi connectivity index (χ1) is 32.7. The predicted molar refractivity (Wildman–Crippen MR) is 250 cm³/mol. The first-order valence-corrected chi connectivity index (χ1v) is 23.1. The molecular formula is C44H56N14O9S. The van der Waals surface area contributed by atoms with E-state index in [4.69, 9.17) is 15.6 Å². The van der Waals surface area contributed by atoms with Gasteiger partial charge in [0.15, 0.2) is 29.0 Å². The van der Waals surface area contributed by atoms with Crippen LogP contribution in [0.5, 0.6) is 0 Å². The summed E-state index contributed by atoms with van der Waals surface area (Å²) in [6.07, 6.45) is 1.18. The van der Waals surface area contributed by atoms with Crippen LogP contribution in [0.25, 0.3) is 22.6 Å². The van der Waals surface area contributed by atoms with E-state index in [1.807, 2.05) is 12.1 Å². The van der Waals surface area contributed by atoms with Crippen LogP contribution in [0.1, 0.15) is 78.7 Å². The van der Waals surface area contributed by atoms with Crippen LogP contribution in [0, 0.1) is 6.92 Å². The first-order valence-electron chi connectivity index (χ1n) is 22.0. The average Bonchev–Trinajstić information content (AvgIpc) is 3.89. The van der Waals surface area contributed by atoms with Crippen molar-refractivity contribution in [2.75, 3.05) is 43.5 Å². The molecule has 1 aliphatic heterocycles. The van der Waals surface area contributed by atoms with E-state index in [0.29, 0.717) is 82.8 Å². The molecule has 362 valence electrons. The van der Waals surface area contributed by atoms with Crippen LogP contribution in [-0.2, 0) is 25.7 Å². The van der Waals surface area contributed by atoms with E-state index in [1.54, 1.807) is 50.2 Å². The Bertz CT molecular complexity index is 2500. The number of ether oxygens (including phenoxy) is 1. The van der Waals surface area contributed by atoms with Crippen molar-refractivity contribution in [3.63, 3.8) is 0 Å². The highest BCUT2D eigenvalue weighted by atomic mass is 32.2. The van der Waals surface area contributed by atoms with Crippen molar-refractivity contribution < 1.29 is 44.3 Å². The molecular weight excluding hydrogens is 901 g/mol. The summed E-state index contributed by atoms with van der Waals surface area (Å²) in [4.78, 5) is 65.3. The Kier molecular flexibility index (Phi) is 18.3. The lowest BCUT2D eigenvalue weighted by Crippen LogP contribution is -2.40. The fourth-order valence-corrected chi connectivity index (χ4v) is 8.08. The number of hydrazone groups is 1. The van der Waals surface area contributed by atoms with Gasteiger partial charge in [0.25, 0.3) is 5.91 Å². The van der Waals surface area contributed by atoms with Gasteiger partial charge >= 0.3 is 5.97 Å². The number of nitrogens with one attached hydrogen (secondary N) is 2. The molecule has 23 nitrogen and oxygen atoms in total. The average molecular weight is 957 g/mol. The maximum Gasteiger partial charge on any atom is 0.320 e. The third kappa shape index (κ3) is 13.8. The minimum atomic E-state index is -1.27. The Balaban J connectivity index is 0.985. The van der Waals surface area contributed by atoms with Gasteiger partial charge in [-0.3, -0.25) is 23.7 Å². The number of carboxylic acids is 1. The molecule has 24 heteroatoms. The number of unbranched alkanes of at least 4 members (excludes halogenated alkanes) is 1. The zero-order chi connectivity index (χ0) is 48.7. The van der Waals surface area contributed by atoms with Crippen LogP contribution in [-0.4, -0.2) is 163 Å². The number of aryl methyl sites for hydroxylation is 1. The number of fused-ring (bicyclic) bond motifs is 1. The van der Waals surface area contributed by atoms with Crippen molar-refractivity contribution in [3.8, 4) is 11.4 Å². The van der Waals surface area contributed by atoms with Crippen molar-refractivity contribution in [1.82, 2.24) is 55.1 Å². The van der Waals surface area contributed by atoms with Gasteiger partial charge in [-0.25, -0.2) is 20.0 Å². The molecule has 6 rings (SSSR count). The van der Waals surface area contributed by atoms with Crippen LogP contribution >= 0.6 is 11.8 Å². The van der Waals surface area contributed by atoms with Crippen LogP contribution in [0.3, 0.4) is 0 Å². The summed E-state index contributed by atoms with van der Waals surface area (Å²) in [5.74, 6) is -0.0930. The number of hydrogen-bond acceptors (Lipinski definition) is 19. The Labute approximate surface area is 395 Å². The van der Waals surface area contributed by atoms with Crippen LogP contribution < -0.4 is 16.4 Å².